The van der Waals surface area contributed by atoms with Gasteiger partial charge >= 0.3 is 6.18 Å². The first-order chi connectivity index (χ1) is 15.0. The van der Waals surface area contributed by atoms with Gasteiger partial charge in [-0.3, -0.25) is 4.90 Å². The van der Waals surface area contributed by atoms with E-state index in [4.69, 9.17) is 4.74 Å². The van der Waals surface area contributed by atoms with Crippen LogP contribution in [0, 0.1) is 0 Å². The summed E-state index contributed by atoms with van der Waals surface area (Å²) in [6.45, 7) is 0.712. The summed E-state index contributed by atoms with van der Waals surface area (Å²) < 4.78 is 87.2. The Morgan fingerprint density at radius 1 is 1.12 bits per heavy atom. The van der Waals surface area contributed by atoms with Gasteiger partial charge in [0, 0.05) is 38.9 Å². The van der Waals surface area contributed by atoms with Crippen LogP contribution in [0.1, 0.15) is 18.5 Å². The van der Waals surface area contributed by atoms with Crippen LogP contribution in [-0.2, 0) is 23.2 Å². The number of ether oxygens (including phenoxy) is 1. The molecule has 0 aromatic carbocycles. The molecule has 4 heterocycles. The highest BCUT2D eigenvalue weighted by molar-refractivity contribution is 7.89. The molecule has 2 atom stereocenters. The molecule has 0 N–H and O–H groups in total. The third-order valence-electron chi connectivity index (χ3n) is 5.62. The number of aromatic nitrogens is 4. The number of imidazole rings is 1. The first-order valence-electron chi connectivity index (χ1n) is 9.96. The maximum atomic E-state index is 13.6. The predicted molar refractivity (Wildman–Crippen MR) is 103 cm³/mol. The minimum Gasteiger partial charge on any atom is -0.471 e. The van der Waals surface area contributed by atoms with Gasteiger partial charge in [-0.2, -0.15) is 17.5 Å². The maximum absolute atomic E-state index is 13.6. The molecule has 2 aromatic heterocycles. The van der Waals surface area contributed by atoms with Gasteiger partial charge in [-0.1, -0.05) is 0 Å². The Morgan fingerprint density at radius 2 is 1.84 bits per heavy atom. The van der Waals surface area contributed by atoms with Gasteiger partial charge in [-0.15, -0.1) is 0 Å². The number of hydrogen-bond donors (Lipinski definition) is 0. The lowest BCUT2D eigenvalue weighted by atomic mass is 10.1. The zero-order valence-corrected chi connectivity index (χ0v) is 17.9. The van der Waals surface area contributed by atoms with Gasteiger partial charge in [-0.05, 0) is 12.8 Å². The molecule has 0 amide bonds. The van der Waals surface area contributed by atoms with Crippen molar-refractivity contribution in [2.24, 2.45) is 7.05 Å². The average Bonchev–Trinajstić information content (AvgIpc) is 3.36. The highest BCUT2D eigenvalue weighted by atomic mass is 32.2. The molecule has 4 rings (SSSR count). The second-order valence-corrected chi connectivity index (χ2v) is 9.76. The van der Waals surface area contributed by atoms with Crippen LogP contribution < -0.4 is 4.74 Å². The molecule has 176 valence electrons. The van der Waals surface area contributed by atoms with E-state index in [0.29, 0.717) is 32.0 Å². The van der Waals surface area contributed by atoms with Gasteiger partial charge in [0.25, 0.3) is 10.0 Å². The number of nitrogens with zero attached hydrogens (tertiary/aromatic N) is 6. The number of aryl methyl sites for hydroxylation is 1. The Kier molecular flexibility index (Phi) is 6.11. The quantitative estimate of drug-likeness (QED) is 0.601. The summed E-state index contributed by atoms with van der Waals surface area (Å²) >= 11 is 0. The fourth-order valence-electron chi connectivity index (χ4n) is 3.95. The van der Waals surface area contributed by atoms with Crippen molar-refractivity contribution in [3.05, 3.63) is 30.6 Å². The fraction of sp³-hybridized carbons (Fsp3) is 0.611. The van der Waals surface area contributed by atoms with Crippen LogP contribution >= 0.6 is 0 Å². The maximum Gasteiger partial charge on any atom is 0.433 e. The molecule has 0 radical (unpaired) electrons. The molecule has 0 unspecified atom stereocenters. The number of rotatable bonds is 5. The van der Waals surface area contributed by atoms with Crippen molar-refractivity contribution in [1.29, 1.82) is 0 Å². The van der Waals surface area contributed by atoms with Gasteiger partial charge in [0.05, 0.1) is 18.9 Å². The third-order valence-corrected chi connectivity index (χ3v) is 7.34. The summed E-state index contributed by atoms with van der Waals surface area (Å²) in [5.41, 5.74) is -1.16. The standard InChI is InChI=1S/C18H22F4N6O3S/c1-26-9-17(25-11-26)32(29,30)28-7-13(27-4-2-12(19)3-5-27)14(8-28)31-16-6-15(18(20,21)22)23-10-24-16/h6,9-14H,2-5,7-8H2,1H3/t13-,14-/m1/s1. The Morgan fingerprint density at radius 3 is 2.47 bits per heavy atom. The van der Waals surface area contributed by atoms with Crippen molar-refractivity contribution in [1.82, 2.24) is 28.7 Å². The number of alkyl halides is 4. The highest BCUT2D eigenvalue weighted by Gasteiger charge is 2.45. The van der Waals surface area contributed by atoms with Gasteiger partial charge in [0.15, 0.2) is 10.7 Å². The van der Waals surface area contributed by atoms with Crippen molar-refractivity contribution in [2.75, 3.05) is 26.2 Å². The van der Waals surface area contributed by atoms with E-state index in [2.05, 4.69) is 15.0 Å². The summed E-state index contributed by atoms with van der Waals surface area (Å²) in [6, 6.07) is 0.200. The zero-order chi connectivity index (χ0) is 23.1. The minimum atomic E-state index is -4.67. The summed E-state index contributed by atoms with van der Waals surface area (Å²) in [5.74, 6) is -0.306. The molecule has 9 nitrogen and oxygen atoms in total. The Labute approximate surface area is 182 Å². The highest BCUT2D eigenvalue weighted by Crippen LogP contribution is 2.31. The third kappa shape index (κ3) is 4.71. The molecule has 14 heteroatoms. The minimum absolute atomic E-state index is 0.0394. The van der Waals surface area contributed by atoms with E-state index in [1.807, 2.05) is 4.90 Å². The summed E-state index contributed by atoms with van der Waals surface area (Å²) in [7, 11) is -2.31. The fourth-order valence-corrected chi connectivity index (χ4v) is 5.39. The summed E-state index contributed by atoms with van der Waals surface area (Å²) in [4.78, 5) is 12.8. The van der Waals surface area contributed by atoms with Crippen LogP contribution in [0.25, 0.3) is 0 Å². The van der Waals surface area contributed by atoms with Crippen LogP contribution in [0.15, 0.2) is 29.9 Å². The van der Waals surface area contributed by atoms with Crippen molar-refractivity contribution >= 4 is 10.0 Å². The van der Waals surface area contributed by atoms with Crippen molar-refractivity contribution < 1.29 is 30.7 Å². The molecular formula is C18H22F4N6O3S. The van der Waals surface area contributed by atoms with Crippen LogP contribution in [0.2, 0.25) is 0 Å². The molecule has 32 heavy (non-hydrogen) atoms. The molecule has 0 spiro atoms. The Hall–Kier alpha value is -2.32. The van der Waals surface area contributed by atoms with E-state index in [0.717, 1.165) is 6.33 Å². The average molecular weight is 478 g/mol. The normalized spacial score (nSPS) is 24.2. The van der Waals surface area contributed by atoms with Crippen LogP contribution in [-0.4, -0.2) is 81.6 Å². The molecule has 0 aliphatic carbocycles. The van der Waals surface area contributed by atoms with E-state index < -0.39 is 40.2 Å². The lowest BCUT2D eigenvalue weighted by Gasteiger charge is -2.35. The molecule has 2 aliphatic rings. The van der Waals surface area contributed by atoms with Crippen LogP contribution in [0.3, 0.4) is 0 Å². The largest absolute Gasteiger partial charge is 0.471 e. The van der Waals surface area contributed by atoms with E-state index in [9.17, 15) is 26.0 Å². The number of piperidine rings is 1. The second-order valence-electron chi connectivity index (χ2n) is 7.87. The van der Waals surface area contributed by atoms with E-state index >= 15 is 0 Å². The number of halogens is 4. The number of sulfonamides is 1. The van der Waals surface area contributed by atoms with Gasteiger partial charge in [0.1, 0.15) is 18.6 Å². The van der Waals surface area contributed by atoms with E-state index in [1.165, 1.54) is 21.4 Å². The second kappa shape index (κ2) is 8.56. The van der Waals surface area contributed by atoms with Gasteiger partial charge in [0.2, 0.25) is 5.88 Å². The Bertz CT molecular complexity index is 1050. The first kappa shape index (κ1) is 22.9. The van der Waals surface area contributed by atoms with E-state index in [1.54, 1.807) is 7.05 Å². The topological polar surface area (TPSA) is 93.5 Å². The molecule has 2 saturated heterocycles. The van der Waals surface area contributed by atoms with Crippen molar-refractivity contribution in [3.63, 3.8) is 0 Å². The van der Waals surface area contributed by atoms with Crippen LogP contribution in [0.5, 0.6) is 5.88 Å². The molecular weight excluding hydrogens is 456 g/mol. The van der Waals surface area contributed by atoms with Crippen LogP contribution in [0.4, 0.5) is 17.6 Å². The summed E-state index contributed by atoms with van der Waals surface area (Å²) in [5, 5.41) is -0.136. The molecule has 0 saturated carbocycles. The van der Waals surface area contributed by atoms with Crippen molar-refractivity contribution in [3.8, 4) is 5.88 Å². The predicted octanol–water partition coefficient (Wildman–Crippen LogP) is 1.48. The van der Waals surface area contributed by atoms with Crippen molar-refractivity contribution in [2.45, 2.75) is 42.4 Å². The number of likely N-dealkylation sites (tertiary alicyclic amines) is 1. The van der Waals surface area contributed by atoms with Gasteiger partial charge in [-0.25, -0.2) is 27.8 Å². The monoisotopic (exact) mass is 478 g/mol. The smallest absolute Gasteiger partial charge is 0.433 e. The van der Waals surface area contributed by atoms with E-state index in [-0.39, 0.29) is 24.0 Å². The molecule has 2 aromatic rings. The SMILES string of the molecule is Cn1cnc(S(=O)(=O)N2C[C@@H](N3CCC(F)CC3)[C@H](Oc3cc(C(F)(F)F)ncn3)C2)c1. The lowest BCUT2D eigenvalue weighted by molar-refractivity contribution is -0.141. The molecule has 2 fully saturated rings. The number of hydrogen-bond acceptors (Lipinski definition) is 7. The van der Waals surface area contributed by atoms with Gasteiger partial charge < -0.3 is 9.30 Å². The Balaban J connectivity index is 1.59. The first-order valence-corrected chi connectivity index (χ1v) is 11.4. The molecule has 2 aliphatic heterocycles. The zero-order valence-electron chi connectivity index (χ0n) is 17.1. The lowest BCUT2D eigenvalue weighted by Crippen LogP contribution is -2.49. The summed E-state index contributed by atoms with van der Waals surface area (Å²) in [6.07, 6.45) is -2.35. The molecule has 0 bridgehead atoms.